The Labute approximate surface area is 115 Å². The Morgan fingerprint density at radius 3 is 2.68 bits per heavy atom. The molecule has 0 radical (unpaired) electrons. The van der Waals surface area contributed by atoms with Crippen LogP contribution in [0.4, 0.5) is 5.95 Å². The van der Waals surface area contributed by atoms with E-state index in [9.17, 15) is 0 Å². The molecule has 1 unspecified atom stereocenters. The molecular weight excluding hydrogens is 238 g/mol. The van der Waals surface area contributed by atoms with E-state index in [1.54, 1.807) is 0 Å². The van der Waals surface area contributed by atoms with Crippen LogP contribution in [0.25, 0.3) is 0 Å². The number of rotatable bonds is 5. The highest BCUT2D eigenvalue weighted by molar-refractivity contribution is 5.31. The summed E-state index contributed by atoms with van der Waals surface area (Å²) in [5, 5.41) is 11.9. The summed E-state index contributed by atoms with van der Waals surface area (Å²) in [6.07, 6.45) is 4.34. The summed E-state index contributed by atoms with van der Waals surface area (Å²) in [5.41, 5.74) is 2.14. The van der Waals surface area contributed by atoms with Gasteiger partial charge in [0.1, 0.15) is 0 Å². The van der Waals surface area contributed by atoms with Gasteiger partial charge in [-0.3, -0.25) is 0 Å². The Kier molecular flexibility index (Phi) is 5.07. The fourth-order valence-corrected chi connectivity index (χ4v) is 2.76. The van der Waals surface area contributed by atoms with Crippen LogP contribution < -0.4 is 10.2 Å². The molecule has 19 heavy (non-hydrogen) atoms. The number of hydrogen-bond acceptors (Lipinski definition) is 5. The van der Waals surface area contributed by atoms with E-state index in [0.717, 1.165) is 49.8 Å². The number of piperidine rings is 1. The summed E-state index contributed by atoms with van der Waals surface area (Å²) in [7, 11) is 2.02. The zero-order chi connectivity index (χ0) is 13.7. The molecule has 0 spiro atoms. The molecule has 1 aliphatic heterocycles. The maximum atomic E-state index is 4.71. The van der Waals surface area contributed by atoms with Crippen LogP contribution in [0.15, 0.2) is 0 Å². The van der Waals surface area contributed by atoms with Crippen LogP contribution >= 0.6 is 0 Å². The number of aryl methyl sites for hydroxylation is 2. The van der Waals surface area contributed by atoms with Gasteiger partial charge < -0.3 is 10.2 Å². The Hall–Kier alpha value is -1.23. The predicted molar refractivity (Wildman–Crippen MR) is 77.4 cm³/mol. The van der Waals surface area contributed by atoms with Gasteiger partial charge in [0, 0.05) is 13.1 Å². The molecule has 0 bridgehead atoms. The average molecular weight is 263 g/mol. The molecule has 0 aliphatic carbocycles. The van der Waals surface area contributed by atoms with Gasteiger partial charge in [0.05, 0.1) is 11.4 Å². The fraction of sp³-hybridized carbons (Fsp3) is 0.786. The fourth-order valence-electron chi connectivity index (χ4n) is 2.76. The first kappa shape index (κ1) is 14.2. The van der Waals surface area contributed by atoms with E-state index < -0.39 is 0 Å². The van der Waals surface area contributed by atoms with Crippen molar-refractivity contribution in [2.45, 2.75) is 39.5 Å². The molecule has 1 saturated heterocycles. The van der Waals surface area contributed by atoms with Crippen LogP contribution in [0.1, 0.15) is 38.1 Å². The number of aromatic nitrogens is 3. The second-order valence-electron chi connectivity index (χ2n) is 5.22. The largest absolute Gasteiger partial charge is 0.339 e. The van der Waals surface area contributed by atoms with E-state index in [0.29, 0.717) is 5.92 Å². The first-order valence-electron chi connectivity index (χ1n) is 7.40. The summed E-state index contributed by atoms with van der Waals surface area (Å²) in [6, 6.07) is 0. The average Bonchev–Trinajstić information content (AvgIpc) is 2.47. The van der Waals surface area contributed by atoms with E-state index in [2.05, 4.69) is 34.3 Å². The standard InChI is InChI=1S/C14H25N5/c1-4-12-13(5-2)17-18-14(16-12)19-8-6-7-11(10-19)9-15-3/h11,15H,4-10H2,1-3H3. The Morgan fingerprint density at radius 1 is 1.21 bits per heavy atom. The van der Waals surface area contributed by atoms with Crippen LogP contribution in [0.5, 0.6) is 0 Å². The lowest BCUT2D eigenvalue weighted by Crippen LogP contribution is -2.40. The van der Waals surface area contributed by atoms with Gasteiger partial charge in [-0.1, -0.05) is 13.8 Å². The minimum Gasteiger partial charge on any atom is -0.339 e. The second-order valence-corrected chi connectivity index (χ2v) is 5.22. The van der Waals surface area contributed by atoms with E-state index in [1.165, 1.54) is 12.8 Å². The van der Waals surface area contributed by atoms with Gasteiger partial charge in [-0.2, -0.15) is 5.10 Å². The maximum absolute atomic E-state index is 4.71. The van der Waals surface area contributed by atoms with Crippen molar-refractivity contribution < 1.29 is 0 Å². The summed E-state index contributed by atoms with van der Waals surface area (Å²) < 4.78 is 0. The van der Waals surface area contributed by atoms with Crippen molar-refractivity contribution in [2.24, 2.45) is 5.92 Å². The lowest BCUT2D eigenvalue weighted by atomic mass is 9.98. The zero-order valence-corrected chi connectivity index (χ0v) is 12.3. The highest BCUT2D eigenvalue weighted by atomic mass is 15.3. The van der Waals surface area contributed by atoms with Crippen molar-refractivity contribution in [2.75, 3.05) is 31.6 Å². The van der Waals surface area contributed by atoms with Gasteiger partial charge in [0.25, 0.3) is 0 Å². The molecule has 1 fully saturated rings. The molecule has 0 amide bonds. The number of nitrogens with one attached hydrogen (secondary N) is 1. The molecule has 0 aromatic carbocycles. The topological polar surface area (TPSA) is 53.9 Å². The van der Waals surface area contributed by atoms with Crippen LogP contribution in [0.3, 0.4) is 0 Å². The van der Waals surface area contributed by atoms with Gasteiger partial charge >= 0.3 is 0 Å². The molecule has 2 heterocycles. The third kappa shape index (κ3) is 3.41. The van der Waals surface area contributed by atoms with Crippen molar-refractivity contribution in [3.63, 3.8) is 0 Å². The smallest absolute Gasteiger partial charge is 0.245 e. The number of anilines is 1. The summed E-state index contributed by atoms with van der Waals surface area (Å²) >= 11 is 0. The van der Waals surface area contributed by atoms with Crippen LogP contribution in [0, 0.1) is 5.92 Å². The first-order valence-corrected chi connectivity index (χ1v) is 7.40. The van der Waals surface area contributed by atoms with Gasteiger partial charge in [-0.05, 0) is 45.2 Å². The molecule has 1 aromatic heterocycles. The van der Waals surface area contributed by atoms with Crippen LogP contribution in [-0.2, 0) is 12.8 Å². The lowest BCUT2D eigenvalue weighted by Gasteiger charge is -2.32. The highest BCUT2D eigenvalue weighted by Gasteiger charge is 2.22. The molecule has 106 valence electrons. The van der Waals surface area contributed by atoms with E-state index in [1.807, 2.05) is 7.05 Å². The van der Waals surface area contributed by atoms with E-state index in [4.69, 9.17) is 4.98 Å². The normalized spacial score (nSPS) is 19.7. The molecule has 0 saturated carbocycles. The van der Waals surface area contributed by atoms with E-state index in [-0.39, 0.29) is 0 Å². The predicted octanol–water partition coefficient (Wildman–Crippen LogP) is 1.43. The highest BCUT2D eigenvalue weighted by Crippen LogP contribution is 2.20. The minimum absolute atomic E-state index is 0.693. The molecule has 1 aliphatic rings. The van der Waals surface area contributed by atoms with Crippen molar-refractivity contribution in [1.82, 2.24) is 20.5 Å². The summed E-state index contributed by atoms with van der Waals surface area (Å²) in [6.45, 7) is 7.40. The Morgan fingerprint density at radius 2 is 2.00 bits per heavy atom. The van der Waals surface area contributed by atoms with Gasteiger partial charge in [0.2, 0.25) is 5.95 Å². The molecule has 1 N–H and O–H groups in total. The third-order valence-electron chi connectivity index (χ3n) is 3.79. The first-order chi connectivity index (χ1) is 9.28. The van der Waals surface area contributed by atoms with Crippen molar-refractivity contribution in [3.05, 3.63) is 11.4 Å². The minimum atomic E-state index is 0.693. The van der Waals surface area contributed by atoms with Gasteiger partial charge in [-0.25, -0.2) is 4.98 Å². The van der Waals surface area contributed by atoms with E-state index >= 15 is 0 Å². The summed E-state index contributed by atoms with van der Waals surface area (Å²) in [4.78, 5) is 7.00. The second kappa shape index (κ2) is 6.80. The van der Waals surface area contributed by atoms with Crippen molar-refractivity contribution in [3.8, 4) is 0 Å². The zero-order valence-electron chi connectivity index (χ0n) is 12.3. The summed E-state index contributed by atoms with van der Waals surface area (Å²) in [5.74, 6) is 1.51. The molecule has 2 rings (SSSR count). The van der Waals surface area contributed by atoms with Gasteiger partial charge in [-0.15, -0.1) is 5.10 Å². The SMILES string of the molecule is CCc1nnc(N2CCCC(CNC)C2)nc1CC. The maximum Gasteiger partial charge on any atom is 0.245 e. The number of hydrogen-bond donors (Lipinski definition) is 1. The van der Waals surface area contributed by atoms with Crippen molar-refractivity contribution in [1.29, 1.82) is 0 Å². The molecule has 5 heteroatoms. The third-order valence-corrected chi connectivity index (χ3v) is 3.79. The lowest BCUT2D eigenvalue weighted by molar-refractivity contribution is 0.398. The quantitative estimate of drug-likeness (QED) is 0.871. The monoisotopic (exact) mass is 263 g/mol. The van der Waals surface area contributed by atoms with Gasteiger partial charge in [0.15, 0.2) is 0 Å². The Balaban J connectivity index is 2.12. The van der Waals surface area contributed by atoms with Crippen molar-refractivity contribution >= 4 is 5.95 Å². The molecular formula is C14H25N5. The molecule has 1 atom stereocenters. The molecule has 5 nitrogen and oxygen atoms in total. The number of nitrogens with zero attached hydrogens (tertiary/aromatic N) is 4. The molecule has 1 aromatic rings. The van der Waals surface area contributed by atoms with Crippen LogP contribution in [-0.4, -0.2) is 41.9 Å². The Bertz CT molecular complexity index is 405. The van der Waals surface area contributed by atoms with Crippen LogP contribution in [0.2, 0.25) is 0 Å².